The van der Waals surface area contributed by atoms with Crippen molar-refractivity contribution in [2.45, 2.75) is 25.4 Å². The molecule has 1 amide bonds. The van der Waals surface area contributed by atoms with Crippen molar-refractivity contribution in [2.24, 2.45) is 5.41 Å². The lowest BCUT2D eigenvalue weighted by atomic mass is 9.71. The van der Waals surface area contributed by atoms with Crippen LogP contribution >= 0.6 is 0 Å². The zero-order valence-electron chi connectivity index (χ0n) is 14.2. The van der Waals surface area contributed by atoms with Crippen LogP contribution < -0.4 is 4.90 Å². The molecule has 0 bridgehead atoms. The molecule has 1 atom stereocenters. The van der Waals surface area contributed by atoms with E-state index in [-0.39, 0.29) is 17.4 Å². The second kappa shape index (κ2) is 5.73. The number of methoxy groups -OCH3 is 1. The third-order valence-corrected chi connectivity index (χ3v) is 5.52. The first-order valence-electron chi connectivity index (χ1n) is 8.45. The van der Waals surface area contributed by atoms with E-state index in [2.05, 4.69) is 15.0 Å². The number of amides is 1. The molecule has 0 N–H and O–H groups in total. The molecule has 2 saturated heterocycles. The summed E-state index contributed by atoms with van der Waals surface area (Å²) in [5, 5.41) is 4.62. The zero-order valence-corrected chi connectivity index (χ0v) is 14.2. The maximum Gasteiger partial charge on any atom is 0.228 e. The van der Waals surface area contributed by atoms with Gasteiger partial charge in [-0.3, -0.25) is 4.79 Å². The summed E-state index contributed by atoms with van der Waals surface area (Å²) in [5.41, 5.74) is 0.572. The Hall–Kier alpha value is -2.15. The third-order valence-electron chi connectivity index (χ3n) is 5.52. The molecule has 4 rings (SSSR count). The molecule has 2 aliphatic heterocycles. The van der Waals surface area contributed by atoms with E-state index >= 15 is 0 Å². The Labute approximate surface area is 141 Å². The standard InChI is InChI=1S/C17H23N5O2/c1-20-12-13(24-2)11-17(16(20)23)5-8-21(9-6-17)15-4-3-14-18-7-10-22(14)19-15/h3-4,7,10,13H,5-6,8-9,11-12H2,1-2H3. The summed E-state index contributed by atoms with van der Waals surface area (Å²) in [5.74, 6) is 1.21. The largest absolute Gasteiger partial charge is 0.380 e. The Morgan fingerprint density at radius 1 is 1.29 bits per heavy atom. The number of nitrogens with zero attached hydrogens (tertiary/aromatic N) is 5. The van der Waals surface area contributed by atoms with Crippen LogP contribution in [0.5, 0.6) is 0 Å². The van der Waals surface area contributed by atoms with Crippen molar-refractivity contribution < 1.29 is 9.53 Å². The van der Waals surface area contributed by atoms with E-state index in [1.807, 2.05) is 30.3 Å². The summed E-state index contributed by atoms with van der Waals surface area (Å²) in [7, 11) is 3.62. The van der Waals surface area contributed by atoms with Crippen LogP contribution in [0.15, 0.2) is 24.5 Å². The van der Waals surface area contributed by atoms with Crippen LogP contribution in [0, 0.1) is 5.41 Å². The summed E-state index contributed by atoms with van der Waals surface area (Å²) in [4.78, 5) is 21.1. The fraction of sp³-hybridized carbons (Fsp3) is 0.588. The SMILES string of the molecule is COC1CN(C)C(=O)C2(CCN(c3ccc4nccn4n3)CC2)C1. The van der Waals surface area contributed by atoms with Crippen molar-refractivity contribution in [1.82, 2.24) is 19.5 Å². The van der Waals surface area contributed by atoms with Gasteiger partial charge in [-0.05, 0) is 31.4 Å². The molecular formula is C17H23N5O2. The van der Waals surface area contributed by atoms with Crippen LogP contribution in [-0.2, 0) is 9.53 Å². The Bertz CT molecular complexity index is 750. The number of carbonyl (C=O) groups excluding carboxylic acids is 1. The fourth-order valence-corrected chi connectivity index (χ4v) is 4.09. The van der Waals surface area contributed by atoms with E-state index in [9.17, 15) is 4.79 Å². The molecule has 4 heterocycles. The highest BCUT2D eigenvalue weighted by molar-refractivity contribution is 5.84. The van der Waals surface area contributed by atoms with Gasteiger partial charge >= 0.3 is 0 Å². The molecule has 2 fully saturated rings. The lowest BCUT2D eigenvalue weighted by Gasteiger charge is -2.47. The van der Waals surface area contributed by atoms with Crippen molar-refractivity contribution in [3.05, 3.63) is 24.5 Å². The summed E-state index contributed by atoms with van der Waals surface area (Å²) >= 11 is 0. The van der Waals surface area contributed by atoms with Crippen LogP contribution in [0.3, 0.4) is 0 Å². The van der Waals surface area contributed by atoms with E-state index in [1.165, 1.54) is 0 Å². The van der Waals surface area contributed by atoms with E-state index in [4.69, 9.17) is 4.74 Å². The average Bonchev–Trinajstić information content (AvgIpc) is 3.07. The number of hydrogen-bond donors (Lipinski definition) is 0. The fourth-order valence-electron chi connectivity index (χ4n) is 4.09. The Morgan fingerprint density at radius 3 is 2.83 bits per heavy atom. The zero-order chi connectivity index (χ0) is 16.7. The van der Waals surface area contributed by atoms with Crippen molar-refractivity contribution in [3.8, 4) is 0 Å². The smallest absolute Gasteiger partial charge is 0.228 e. The highest BCUT2D eigenvalue weighted by Gasteiger charge is 2.48. The normalized spacial score (nSPS) is 24.1. The van der Waals surface area contributed by atoms with Gasteiger partial charge in [0.15, 0.2) is 5.65 Å². The number of likely N-dealkylation sites (tertiary alicyclic amines) is 1. The number of likely N-dealkylation sites (N-methyl/N-ethyl adjacent to an activating group) is 1. The van der Waals surface area contributed by atoms with Crippen LogP contribution in [0.2, 0.25) is 0 Å². The lowest BCUT2D eigenvalue weighted by molar-refractivity contribution is -0.153. The second-order valence-corrected chi connectivity index (χ2v) is 6.94. The minimum Gasteiger partial charge on any atom is -0.380 e. The first-order chi connectivity index (χ1) is 11.6. The van der Waals surface area contributed by atoms with Gasteiger partial charge in [-0.1, -0.05) is 0 Å². The molecule has 0 aromatic carbocycles. The highest BCUT2D eigenvalue weighted by Crippen LogP contribution is 2.41. The number of hydrogen-bond acceptors (Lipinski definition) is 5. The van der Waals surface area contributed by atoms with E-state index in [0.717, 1.165) is 43.8 Å². The number of imidazole rings is 1. The predicted octanol–water partition coefficient (Wildman–Crippen LogP) is 1.19. The summed E-state index contributed by atoms with van der Waals surface area (Å²) in [6, 6.07) is 3.99. The van der Waals surface area contributed by atoms with Gasteiger partial charge in [-0.15, -0.1) is 5.10 Å². The number of anilines is 1. The Kier molecular flexibility index (Phi) is 3.68. The van der Waals surface area contributed by atoms with Crippen LogP contribution in [0.1, 0.15) is 19.3 Å². The van der Waals surface area contributed by atoms with Gasteiger partial charge in [-0.2, -0.15) is 0 Å². The summed E-state index contributed by atoms with van der Waals surface area (Å²) in [6.07, 6.45) is 6.26. The van der Waals surface area contributed by atoms with Gasteiger partial charge in [0.25, 0.3) is 0 Å². The number of fused-ring (bicyclic) bond motifs is 1. The monoisotopic (exact) mass is 329 g/mol. The second-order valence-electron chi connectivity index (χ2n) is 6.94. The van der Waals surface area contributed by atoms with Crippen LogP contribution in [0.4, 0.5) is 5.82 Å². The minimum atomic E-state index is -0.275. The summed E-state index contributed by atoms with van der Waals surface area (Å²) in [6.45, 7) is 2.37. The number of ether oxygens (including phenoxy) is 1. The van der Waals surface area contributed by atoms with Crippen molar-refractivity contribution in [2.75, 3.05) is 38.7 Å². The molecule has 128 valence electrons. The van der Waals surface area contributed by atoms with E-state index in [0.29, 0.717) is 6.54 Å². The minimum absolute atomic E-state index is 0.139. The molecule has 0 aliphatic carbocycles. The first kappa shape index (κ1) is 15.4. The number of rotatable bonds is 2. The van der Waals surface area contributed by atoms with Gasteiger partial charge in [-0.25, -0.2) is 9.50 Å². The predicted molar refractivity (Wildman–Crippen MR) is 89.9 cm³/mol. The average molecular weight is 329 g/mol. The molecule has 1 spiro atoms. The van der Waals surface area contributed by atoms with Crippen molar-refractivity contribution >= 4 is 17.4 Å². The van der Waals surface area contributed by atoms with Gasteiger partial charge in [0.1, 0.15) is 5.82 Å². The molecule has 7 heteroatoms. The Balaban J connectivity index is 1.52. The lowest BCUT2D eigenvalue weighted by Crippen LogP contribution is -2.56. The molecule has 24 heavy (non-hydrogen) atoms. The van der Waals surface area contributed by atoms with E-state index in [1.54, 1.807) is 17.8 Å². The van der Waals surface area contributed by atoms with Crippen molar-refractivity contribution in [1.29, 1.82) is 0 Å². The number of aromatic nitrogens is 3. The maximum atomic E-state index is 12.8. The molecule has 2 aromatic heterocycles. The van der Waals surface area contributed by atoms with Gasteiger partial charge in [0.05, 0.1) is 11.5 Å². The van der Waals surface area contributed by atoms with Crippen LogP contribution in [0.25, 0.3) is 5.65 Å². The molecule has 2 aliphatic rings. The number of piperidine rings is 2. The van der Waals surface area contributed by atoms with Crippen molar-refractivity contribution in [3.63, 3.8) is 0 Å². The molecular weight excluding hydrogens is 306 g/mol. The third kappa shape index (κ3) is 2.43. The number of carbonyl (C=O) groups is 1. The van der Waals surface area contributed by atoms with Gasteiger partial charge in [0.2, 0.25) is 5.91 Å². The molecule has 2 aromatic rings. The first-order valence-corrected chi connectivity index (χ1v) is 8.45. The summed E-state index contributed by atoms with van der Waals surface area (Å²) < 4.78 is 7.35. The quantitative estimate of drug-likeness (QED) is 0.828. The Morgan fingerprint density at radius 2 is 2.08 bits per heavy atom. The van der Waals surface area contributed by atoms with E-state index < -0.39 is 0 Å². The van der Waals surface area contributed by atoms with Gasteiger partial charge < -0.3 is 14.5 Å². The molecule has 0 radical (unpaired) electrons. The molecule has 0 saturated carbocycles. The molecule has 1 unspecified atom stereocenters. The molecule has 7 nitrogen and oxygen atoms in total. The highest BCUT2D eigenvalue weighted by atomic mass is 16.5. The van der Waals surface area contributed by atoms with Crippen LogP contribution in [-0.4, -0.2) is 65.3 Å². The topological polar surface area (TPSA) is 63.0 Å². The maximum absolute atomic E-state index is 12.8. The van der Waals surface area contributed by atoms with Gasteiger partial charge in [0, 0.05) is 46.2 Å².